The van der Waals surface area contributed by atoms with Crippen molar-refractivity contribution in [3.05, 3.63) is 65.7 Å². The number of thioether (sulfide) groups is 1. The summed E-state index contributed by atoms with van der Waals surface area (Å²) < 4.78 is 0. The third kappa shape index (κ3) is 2.88. The maximum atomic E-state index is 12.3. The maximum absolute atomic E-state index is 12.3. The van der Waals surface area contributed by atoms with Gasteiger partial charge in [0.15, 0.2) is 5.78 Å². The van der Waals surface area contributed by atoms with Gasteiger partial charge in [-0.25, -0.2) is 0 Å². The van der Waals surface area contributed by atoms with Gasteiger partial charge in [0.25, 0.3) is 0 Å². The molecule has 1 fully saturated rings. The molecule has 0 aliphatic carbocycles. The molecule has 0 atom stereocenters. The smallest absolute Gasteiger partial charge is 0.193 e. The van der Waals surface area contributed by atoms with Crippen molar-refractivity contribution in [2.24, 2.45) is 0 Å². The summed E-state index contributed by atoms with van der Waals surface area (Å²) in [6.07, 6.45) is 0. The average Bonchev–Trinajstić information content (AvgIpc) is 2.56. The Balaban J connectivity index is 1.77. The van der Waals surface area contributed by atoms with Gasteiger partial charge in [-0.2, -0.15) is 11.8 Å². The molecule has 0 aromatic heterocycles. The third-order valence-corrected chi connectivity index (χ3v) is 4.48. The molecule has 0 amide bonds. The first kappa shape index (κ1) is 13.3. The molecular formula is C17H17NOS. The van der Waals surface area contributed by atoms with E-state index in [0.29, 0.717) is 0 Å². The lowest BCUT2D eigenvalue weighted by Gasteiger charge is -2.28. The largest absolute Gasteiger partial charge is 0.370 e. The maximum Gasteiger partial charge on any atom is 0.193 e. The minimum atomic E-state index is 0.0892. The standard InChI is InChI=1S/C17H17NOS/c19-17(14-4-2-1-3-5-14)15-6-8-16(9-7-15)18-10-12-20-13-11-18/h1-9H,10-13H2. The number of carbonyl (C=O) groups is 1. The van der Waals surface area contributed by atoms with Crippen LogP contribution in [0.2, 0.25) is 0 Å². The van der Waals surface area contributed by atoms with Crippen LogP contribution >= 0.6 is 11.8 Å². The van der Waals surface area contributed by atoms with Gasteiger partial charge in [0.2, 0.25) is 0 Å². The molecule has 0 spiro atoms. The van der Waals surface area contributed by atoms with Crippen LogP contribution in [0.1, 0.15) is 15.9 Å². The lowest BCUT2D eigenvalue weighted by atomic mass is 10.0. The number of carbonyl (C=O) groups excluding carboxylic acids is 1. The van der Waals surface area contributed by atoms with Crippen molar-refractivity contribution in [1.82, 2.24) is 0 Å². The van der Waals surface area contributed by atoms with Gasteiger partial charge in [-0.1, -0.05) is 30.3 Å². The minimum absolute atomic E-state index is 0.0892. The Labute approximate surface area is 123 Å². The second-order valence-corrected chi connectivity index (χ2v) is 6.07. The van der Waals surface area contributed by atoms with Crippen LogP contribution in [0.15, 0.2) is 54.6 Å². The first-order valence-corrected chi connectivity index (χ1v) is 8.02. The summed E-state index contributed by atoms with van der Waals surface area (Å²) in [6.45, 7) is 2.19. The van der Waals surface area contributed by atoms with Crippen molar-refractivity contribution >= 4 is 23.2 Å². The van der Waals surface area contributed by atoms with Gasteiger partial charge >= 0.3 is 0 Å². The number of hydrogen-bond acceptors (Lipinski definition) is 3. The molecule has 0 radical (unpaired) electrons. The first-order chi connectivity index (χ1) is 9.84. The van der Waals surface area contributed by atoms with Crippen LogP contribution in [0, 0.1) is 0 Å². The van der Waals surface area contributed by atoms with Gasteiger partial charge in [-0.15, -0.1) is 0 Å². The van der Waals surface area contributed by atoms with Gasteiger partial charge in [0.05, 0.1) is 0 Å². The van der Waals surface area contributed by atoms with E-state index >= 15 is 0 Å². The summed E-state index contributed by atoms with van der Waals surface area (Å²) in [4.78, 5) is 14.7. The summed E-state index contributed by atoms with van der Waals surface area (Å²) in [5, 5.41) is 0. The van der Waals surface area contributed by atoms with E-state index in [1.807, 2.05) is 54.2 Å². The Bertz CT molecular complexity index is 574. The Hall–Kier alpha value is -1.74. The van der Waals surface area contributed by atoms with E-state index in [2.05, 4.69) is 17.0 Å². The van der Waals surface area contributed by atoms with Gasteiger partial charge in [-0.05, 0) is 24.3 Å². The fraction of sp³-hybridized carbons (Fsp3) is 0.235. The Morgan fingerprint density at radius 1 is 0.850 bits per heavy atom. The lowest BCUT2D eigenvalue weighted by Crippen LogP contribution is -2.32. The van der Waals surface area contributed by atoms with Crippen LogP contribution in [0.5, 0.6) is 0 Å². The van der Waals surface area contributed by atoms with Crippen LogP contribution in [0.3, 0.4) is 0 Å². The number of rotatable bonds is 3. The van der Waals surface area contributed by atoms with Gasteiger partial charge < -0.3 is 4.90 Å². The van der Waals surface area contributed by atoms with Crippen LogP contribution in [-0.4, -0.2) is 30.4 Å². The van der Waals surface area contributed by atoms with Crippen molar-refractivity contribution in [3.63, 3.8) is 0 Å². The predicted molar refractivity (Wildman–Crippen MR) is 85.9 cm³/mol. The summed E-state index contributed by atoms with van der Waals surface area (Å²) in [6, 6.07) is 17.4. The van der Waals surface area contributed by atoms with Crippen LogP contribution in [0.4, 0.5) is 5.69 Å². The SMILES string of the molecule is O=C(c1ccccc1)c1ccc(N2CCSCC2)cc1. The summed E-state index contributed by atoms with van der Waals surface area (Å²) in [5.41, 5.74) is 2.72. The van der Waals surface area contributed by atoms with E-state index < -0.39 is 0 Å². The highest BCUT2D eigenvalue weighted by Gasteiger charge is 2.12. The minimum Gasteiger partial charge on any atom is -0.370 e. The third-order valence-electron chi connectivity index (χ3n) is 3.54. The molecule has 1 heterocycles. The molecule has 102 valence electrons. The lowest BCUT2D eigenvalue weighted by molar-refractivity contribution is 0.103. The second kappa shape index (κ2) is 6.14. The van der Waals surface area contributed by atoms with Crippen molar-refractivity contribution in [1.29, 1.82) is 0 Å². The van der Waals surface area contributed by atoms with Crippen LogP contribution in [0.25, 0.3) is 0 Å². The fourth-order valence-corrected chi connectivity index (χ4v) is 3.30. The zero-order valence-corrected chi connectivity index (χ0v) is 12.1. The summed E-state index contributed by atoms with van der Waals surface area (Å²) in [7, 11) is 0. The molecule has 3 rings (SSSR count). The molecule has 0 unspecified atom stereocenters. The number of anilines is 1. The normalized spacial score (nSPS) is 15.1. The fourth-order valence-electron chi connectivity index (χ4n) is 2.40. The monoisotopic (exact) mass is 283 g/mol. The number of benzene rings is 2. The zero-order valence-electron chi connectivity index (χ0n) is 11.3. The van der Waals surface area contributed by atoms with E-state index in [4.69, 9.17) is 0 Å². The van der Waals surface area contributed by atoms with E-state index in [1.165, 1.54) is 17.2 Å². The van der Waals surface area contributed by atoms with E-state index in [1.54, 1.807) is 0 Å². The number of hydrogen-bond donors (Lipinski definition) is 0. The van der Waals surface area contributed by atoms with E-state index in [-0.39, 0.29) is 5.78 Å². The second-order valence-electron chi connectivity index (χ2n) is 4.84. The molecule has 2 aromatic rings. The highest BCUT2D eigenvalue weighted by molar-refractivity contribution is 7.99. The van der Waals surface area contributed by atoms with E-state index in [9.17, 15) is 4.79 Å². The predicted octanol–water partition coefficient (Wildman–Crippen LogP) is 3.47. The summed E-state index contributed by atoms with van der Waals surface area (Å²) in [5.74, 6) is 2.46. The first-order valence-electron chi connectivity index (χ1n) is 6.87. The van der Waals surface area contributed by atoms with Gasteiger partial charge in [0.1, 0.15) is 0 Å². The molecule has 0 N–H and O–H groups in total. The van der Waals surface area contributed by atoms with Crippen molar-refractivity contribution in [2.45, 2.75) is 0 Å². The molecule has 2 nitrogen and oxygen atoms in total. The summed E-state index contributed by atoms with van der Waals surface area (Å²) >= 11 is 2.00. The van der Waals surface area contributed by atoms with Gasteiger partial charge in [-0.3, -0.25) is 4.79 Å². The Kier molecular flexibility index (Phi) is 4.07. The Morgan fingerprint density at radius 2 is 1.45 bits per heavy atom. The molecule has 0 bridgehead atoms. The molecule has 20 heavy (non-hydrogen) atoms. The highest BCUT2D eigenvalue weighted by atomic mass is 32.2. The number of nitrogens with zero attached hydrogens (tertiary/aromatic N) is 1. The topological polar surface area (TPSA) is 20.3 Å². The zero-order chi connectivity index (χ0) is 13.8. The van der Waals surface area contributed by atoms with Crippen molar-refractivity contribution < 1.29 is 4.79 Å². The van der Waals surface area contributed by atoms with E-state index in [0.717, 1.165) is 24.2 Å². The molecule has 2 aromatic carbocycles. The molecule has 1 saturated heterocycles. The molecule has 1 aliphatic heterocycles. The number of ketones is 1. The average molecular weight is 283 g/mol. The quantitative estimate of drug-likeness (QED) is 0.805. The molecule has 1 aliphatic rings. The van der Waals surface area contributed by atoms with Crippen LogP contribution in [-0.2, 0) is 0 Å². The van der Waals surface area contributed by atoms with Crippen molar-refractivity contribution in [2.75, 3.05) is 29.5 Å². The van der Waals surface area contributed by atoms with Gasteiger partial charge in [0, 0.05) is 41.4 Å². The van der Waals surface area contributed by atoms with Crippen LogP contribution < -0.4 is 4.90 Å². The van der Waals surface area contributed by atoms with Crippen molar-refractivity contribution in [3.8, 4) is 0 Å². The molecule has 3 heteroatoms. The molecular weight excluding hydrogens is 266 g/mol. The molecule has 0 saturated carbocycles. The Morgan fingerprint density at radius 3 is 2.10 bits per heavy atom. The highest BCUT2D eigenvalue weighted by Crippen LogP contribution is 2.20.